The van der Waals surface area contributed by atoms with Gasteiger partial charge in [0.15, 0.2) is 6.10 Å². The van der Waals surface area contributed by atoms with E-state index in [9.17, 15) is 29.1 Å². The van der Waals surface area contributed by atoms with Crippen LogP contribution in [0, 0.1) is 5.92 Å². The maximum atomic E-state index is 12.9. The lowest BCUT2D eigenvalue weighted by Gasteiger charge is -2.35. The third kappa shape index (κ3) is 4.82. The van der Waals surface area contributed by atoms with Crippen LogP contribution >= 0.6 is 0 Å². The van der Waals surface area contributed by atoms with E-state index in [1.165, 1.54) is 12.0 Å². The number of morpholine rings is 1. The van der Waals surface area contributed by atoms with Crippen molar-refractivity contribution in [2.45, 2.75) is 32.0 Å². The first-order valence-corrected chi connectivity index (χ1v) is 9.55. The van der Waals surface area contributed by atoms with E-state index in [1.54, 1.807) is 18.2 Å². The molecule has 1 saturated heterocycles. The van der Waals surface area contributed by atoms with E-state index in [0.29, 0.717) is 17.8 Å². The number of amides is 2. The normalized spacial score (nSPS) is 21.5. The number of fused-ring (bicyclic) bond motifs is 1. The number of rotatable bonds is 6. The highest BCUT2D eigenvalue weighted by Crippen LogP contribution is 2.32. The van der Waals surface area contributed by atoms with Crippen LogP contribution in [-0.4, -0.2) is 67.3 Å². The SMILES string of the molecule is COC(=O)CC1Cc2ccc(N3CCO[C@H]([C@@H](OC(C)=O)C(=O)O)C3=O)cc2NC1=O. The molecule has 2 N–H and O–H groups in total. The number of anilines is 2. The van der Waals surface area contributed by atoms with Gasteiger partial charge in [0.25, 0.3) is 5.91 Å². The van der Waals surface area contributed by atoms with Crippen LogP contribution in [-0.2, 0) is 44.6 Å². The van der Waals surface area contributed by atoms with Crippen LogP contribution in [0.3, 0.4) is 0 Å². The largest absolute Gasteiger partial charge is 0.478 e. The van der Waals surface area contributed by atoms with Crippen molar-refractivity contribution in [3.8, 4) is 0 Å². The Kier molecular flexibility index (Phi) is 6.54. The molecule has 11 nitrogen and oxygen atoms in total. The highest BCUT2D eigenvalue weighted by atomic mass is 16.6. The molecule has 1 aromatic rings. The van der Waals surface area contributed by atoms with Crippen LogP contribution in [0.1, 0.15) is 18.9 Å². The molecule has 0 radical (unpaired) electrons. The van der Waals surface area contributed by atoms with E-state index in [-0.39, 0.29) is 25.5 Å². The summed E-state index contributed by atoms with van der Waals surface area (Å²) in [5.74, 6) is -4.39. The van der Waals surface area contributed by atoms with Gasteiger partial charge < -0.3 is 29.5 Å². The molecule has 3 rings (SSSR count). The van der Waals surface area contributed by atoms with Crippen LogP contribution in [0.2, 0.25) is 0 Å². The molecular weight excluding hydrogens is 412 g/mol. The molecule has 3 atom stereocenters. The van der Waals surface area contributed by atoms with Crippen LogP contribution in [0.5, 0.6) is 0 Å². The number of methoxy groups -OCH3 is 1. The Morgan fingerprint density at radius 3 is 2.71 bits per heavy atom. The Bertz CT molecular complexity index is 929. The zero-order chi connectivity index (χ0) is 22.7. The number of ether oxygens (including phenoxy) is 3. The average Bonchev–Trinajstić information content (AvgIpc) is 2.72. The monoisotopic (exact) mass is 434 g/mol. The van der Waals surface area contributed by atoms with Crippen LogP contribution in [0.25, 0.3) is 0 Å². The molecule has 31 heavy (non-hydrogen) atoms. The first kappa shape index (κ1) is 22.2. The summed E-state index contributed by atoms with van der Waals surface area (Å²) in [6, 6.07) is 4.99. The minimum Gasteiger partial charge on any atom is -0.478 e. The number of carboxylic acid groups (broad SMARTS) is 1. The van der Waals surface area contributed by atoms with E-state index in [4.69, 9.17) is 9.47 Å². The zero-order valence-electron chi connectivity index (χ0n) is 17.0. The van der Waals surface area contributed by atoms with E-state index >= 15 is 0 Å². The first-order chi connectivity index (χ1) is 14.7. The number of carbonyl (C=O) groups is 5. The number of nitrogens with zero attached hydrogens (tertiary/aromatic N) is 1. The van der Waals surface area contributed by atoms with E-state index in [1.807, 2.05) is 0 Å². The zero-order valence-corrected chi connectivity index (χ0v) is 17.0. The maximum Gasteiger partial charge on any atom is 0.348 e. The number of aliphatic carboxylic acids is 1. The van der Waals surface area contributed by atoms with Crippen molar-refractivity contribution in [2.24, 2.45) is 5.92 Å². The minimum atomic E-state index is -1.77. The molecule has 1 fully saturated rings. The first-order valence-electron chi connectivity index (χ1n) is 9.55. The van der Waals surface area contributed by atoms with Gasteiger partial charge in [-0.3, -0.25) is 19.2 Å². The van der Waals surface area contributed by atoms with Crippen molar-refractivity contribution in [1.82, 2.24) is 0 Å². The number of hydrogen-bond acceptors (Lipinski definition) is 8. The van der Waals surface area contributed by atoms with Crippen LogP contribution < -0.4 is 10.2 Å². The van der Waals surface area contributed by atoms with Gasteiger partial charge in [-0.25, -0.2) is 4.79 Å². The van der Waals surface area contributed by atoms with E-state index < -0.39 is 41.9 Å². The molecule has 0 aliphatic carbocycles. The third-order valence-electron chi connectivity index (χ3n) is 5.07. The number of hydrogen-bond donors (Lipinski definition) is 2. The molecular formula is C20H22N2O9. The van der Waals surface area contributed by atoms with Crippen molar-refractivity contribution in [1.29, 1.82) is 0 Å². The van der Waals surface area contributed by atoms with Gasteiger partial charge in [-0.05, 0) is 24.1 Å². The fourth-order valence-corrected chi connectivity index (χ4v) is 3.57. The van der Waals surface area contributed by atoms with Gasteiger partial charge in [-0.2, -0.15) is 0 Å². The lowest BCUT2D eigenvalue weighted by atomic mass is 9.90. The molecule has 2 amide bonds. The lowest BCUT2D eigenvalue weighted by molar-refractivity contribution is -0.177. The third-order valence-corrected chi connectivity index (χ3v) is 5.07. The summed E-state index contributed by atoms with van der Waals surface area (Å²) < 4.78 is 14.7. The number of esters is 2. The van der Waals surface area contributed by atoms with Crippen molar-refractivity contribution in [3.63, 3.8) is 0 Å². The number of carbonyl (C=O) groups excluding carboxylic acids is 4. The fourth-order valence-electron chi connectivity index (χ4n) is 3.57. The van der Waals surface area contributed by atoms with Gasteiger partial charge in [0, 0.05) is 24.8 Å². The number of nitrogens with one attached hydrogen (secondary N) is 1. The summed E-state index contributed by atoms with van der Waals surface area (Å²) in [5, 5.41) is 12.1. The van der Waals surface area contributed by atoms with E-state index in [0.717, 1.165) is 12.5 Å². The van der Waals surface area contributed by atoms with Crippen molar-refractivity contribution in [2.75, 3.05) is 30.5 Å². The minimum absolute atomic E-state index is 0.0338. The Morgan fingerprint density at radius 1 is 1.32 bits per heavy atom. The van der Waals surface area contributed by atoms with Crippen molar-refractivity contribution in [3.05, 3.63) is 23.8 Å². The molecule has 0 saturated carbocycles. The molecule has 0 spiro atoms. The highest BCUT2D eigenvalue weighted by molar-refractivity contribution is 6.02. The predicted molar refractivity (Wildman–Crippen MR) is 104 cm³/mol. The van der Waals surface area contributed by atoms with Gasteiger partial charge in [-0.1, -0.05) is 6.07 Å². The quantitative estimate of drug-likeness (QED) is 0.595. The summed E-state index contributed by atoms with van der Waals surface area (Å²) in [5.41, 5.74) is 1.71. The Hall–Kier alpha value is -3.47. The Balaban J connectivity index is 1.81. The number of benzene rings is 1. The van der Waals surface area contributed by atoms with Gasteiger partial charge in [0.05, 0.1) is 26.1 Å². The fraction of sp³-hybridized carbons (Fsp3) is 0.450. The van der Waals surface area contributed by atoms with Crippen molar-refractivity contribution < 1.29 is 43.3 Å². The second-order valence-corrected chi connectivity index (χ2v) is 7.16. The van der Waals surface area contributed by atoms with Crippen LogP contribution in [0.15, 0.2) is 18.2 Å². The van der Waals surface area contributed by atoms with Gasteiger partial charge in [-0.15, -0.1) is 0 Å². The highest BCUT2D eigenvalue weighted by Gasteiger charge is 2.43. The van der Waals surface area contributed by atoms with Crippen LogP contribution in [0.4, 0.5) is 11.4 Å². The summed E-state index contributed by atoms with van der Waals surface area (Å²) in [6.45, 7) is 1.23. The topological polar surface area (TPSA) is 149 Å². The molecule has 2 heterocycles. The van der Waals surface area contributed by atoms with Crippen molar-refractivity contribution >= 4 is 41.1 Å². The van der Waals surface area contributed by atoms with Gasteiger partial charge >= 0.3 is 17.9 Å². The molecule has 166 valence electrons. The summed E-state index contributed by atoms with van der Waals surface area (Å²) in [4.78, 5) is 60.8. The Labute approximate surface area is 177 Å². The predicted octanol–water partition coefficient (Wildman–Crippen LogP) is 0.109. The molecule has 1 aromatic carbocycles. The summed E-state index contributed by atoms with van der Waals surface area (Å²) in [6.07, 6.45) is -2.97. The Morgan fingerprint density at radius 2 is 2.06 bits per heavy atom. The summed E-state index contributed by atoms with van der Waals surface area (Å²) >= 11 is 0. The maximum absolute atomic E-state index is 12.9. The molecule has 1 unspecified atom stereocenters. The lowest BCUT2D eigenvalue weighted by Crippen LogP contribution is -2.55. The molecule has 0 aromatic heterocycles. The smallest absolute Gasteiger partial charge is 0.348 e. The van der Waals surface area contributed by atoms with Gasteiger partial charge in [0.2, 0.25) is 12.0 Å². The van der Waals surface area contributed by atoms with E-state index in [2.05, 4.69) is 10.1 Å². The molecule has 11 heteroatoms. The number of carboxylic acids is 1. The standard InChI is InChI=1S/C20H22N2O9/c1-10(23)31-17(20(27)28)16-19(26)22(5-6-30-16)13-4-3-11-7-12(8-15(24)29-2)18(25)21-14(11)9-13/h3-4,9,12,16-17H,5-8H2,1-2H3,(H,21,25)(H,27,28)/t12?,16-,17-/m1/s1. The molecule has 2 aliphatic rings. The summed E-state index contributed by atoms with van der Waals surface area (Å²) in [7, 11) is 1.26. The average molecular weight is 434 g/mol. The molecule has 2 aliphatic heterocycles. The van der Waals surface area contributed by atoms with Gasteiger partial charge in [0.1, 0.15) is 0 Å². The second-order valence-electron chi connectivity index (χ2n) is 7.16. The second kappa shape index (κ2) is 9.13. The molecule has 0 bridgehead atoms.